The van der Waals surface area contributed by atoms with E-state index in [1.165, 1.54) is 24.3 Å². The minimum Gasteiger partial charge on any atom is -0.324 e. The minimum absolute atomic E-state index is 0.270. The summed E-state index contributed by atoms with van der Waals surface area (Å²) in [6, 6.07) is 16.8. The predicted octanol–water partition coefficient (Wildman–Crippen LogP) is 2.56. The molecule has 0 atom stereocenters. The molecule has 0 fully saturated rings. The molecular formula is C19H13FN4O2. The van der Waals surface area contributed by atoms with E-state index in [0.29, 0.717) is 22.5 Å². The van der Waals surface area contributed by atoms with Crippen LogP contribution in [0.5, 0.6) is 0 Å². The Balaban J connectivity index is 1.77. The minimum atomic E-state index is -0.430. The molecule has 0 saturated carbocycles. The Bertz CT molecular complexity index is 1030. The molecule has 0 aliphatic heterocycles. The molecule has 0 aliphatic rings. The lowest BCUT2D eigenvalue weighted by atomic mass is 10.1. The van der Waals surface area contributed by atoms with Gasteiger partial charge in [-0.15, -0.1) is 0 Å². The number of nitrogens with one attached hydrogen (secondary N) is 1. The van der Waals surface area contributed by atoms with Crippen molar-refractivity contribution in [3.05, 3.63) is 82.4 Å². The Labute approximate surface area is 148 Å². The maximum atomic E-state index is 13.0. The molecule has 0 bridgehead atoms. The summed E-state index contributed by atoms with van der Waals surface area (Å²) in [5, 5.41) is 15.6. The van der Waals surface area contributed by atoms with Gasteiger partial charge in [-0.25, -0.2) is 9.07 Å². The Morgan fingerprint density at radius 3 is 2.42 bits per heavy atom. The highest BCUT2D eigenvalue weighted by molar-refractivity contribution is 5.90. The zero-order valence-corrected chi connectivity index (χ0v) is 13.5. The maximum Gasteiger partial charge on any atom is 0.267 e. The number of carbonyl (C=O) groups excluding carboxylic acids is 1. The van der Waals surface area contributed by atoms with Crippen molar-refractivity contribution in [2.75, 3.05) is 5.32 Å². The van der Waals surface area contributed by atoms with E-state index in [-0.39, 0.29) is 12.4 Å². The fourth-order valence-electron chi connectivity index (χ4n) is 2.30. The first-order valence-electron chi connectivity index (χ1n) is 7.69. The predicted molar refractivity (Wildman–Crippen MR) is 93.7 cm³/mol. The molecule has 2 aromatic carbocycles. The lowest BCUT2D eigenvalue weighted by Crippen LogP contribution is -2.29. The fraction of sp³-hybridized carbons (Fsp3) is 0.0526. The molecule has 128 valence electrons. The van der Waals surface area contributed by atoms with Crippen molar-refractivity contribution in [2.24, 2.45) is 0 Å². The summed E-state index contributed by atoms with van der Waals surface area (Å²) in [6.07, 6.45) is 0. The molecule has 1 aromatic heterocycles. The van der Waals surface area contributed by atoms with Crippen molar-refractivity contribution in [2.45, 2.75) is 6.54 Å². The monoisotopic (exact) mass is 348 g/mol. The molecule has 7 heteroatoms. The number of aromatic nitrogens is 2. The van der Waals surface area contributed by atoms with Crippen LogP contribution in [-0.2, 0) is 11.3 Å². The Morgan fingerprint density at radius 1 is 1.08 bits per heavy atom. The van der Waals surface area contributed by atoms with E-state index in [9.17, 15) is 14.0 Å². The Kier molecular flexibility index (Phi) is 4.85. The lowest BCUT2D eigenvalue weighted by Gasteiger charge is -2.08. The van der Waals surface area contributed by atoms with Gasteiger partial charge < -0.3 is 5.32 Å². The van der Waals surface area contributed by atoms with E-state index in [1.807, 2.05) is 6.07 Å². The zero-order valence-electron chi connectivity index (χ0n) is 13.5. The van der Waals surface area contributed by atoms with Crippen LogP contribution in [0.2, 0.25) is 0 Å². The van der Waals surface area contributed by atoms with Crippen molar-refractivity contribution in [3.8, 4) is 17.3 Å². The van der Waals surface area contributed by atoms with E-state index in [2.05, 4.69) is 10.4 Å². The van der Waals surface area contributed by atoms with Crippen LogP contribution in [0.15, 0.2) is 65.5 Å². The Morgan fingerprint density at radius 2 is 1.77 bits per heavy atom. The summed E-state index contributed by atoms with van der Waals surface area (Å²) in [4.78, 5) is 24.1. The third kappa shape index (κ3) is 3.99. The highest BCUT2D eigenvalue weighted by Crippen LogP contribution is 2.15. The van der Waals surface area contributed by atoms with E-state index in [4.69, 9.17) is 5.26 Å². The van der Waals surface area contributed by atoms with Crippen molar-refractivity contribution in [3.63, 3.8) is 0 Å². The second-order valence-corrected chi connectivity index (χ2v) is 5.46. The molecule has 3 rings (SSSR count). The van der Waals surface area contributed by atoms with Gasteiger partial charge in [0, 0.05) is 17.3 Å². The van der Waals surface area contributed by atoms with Gasteiger partial charge >= 0.3 is 0 Å². The quantitative estimate of drug-likeness (QED) is 0.785. The summed E-state index contributed by atoms with van der Waals surface area (Å²) in [5.41, 5.74) is 1.65. The first-order chi connectivity index (χ1) is 12.5. The van der Waals surface area contributed by atoms with Crippen molar-refractivity contribution < 1.29 is 9.18 Å². The molecule has 1 heterocycles. The number of nitrogens with zero attached hydrogens (tertiary/aromatic N) is 3. The number of hydrogen-bond donors (Lipinski definition) is 1. The number of hydrogen-bond acceptors (Lipinski definition) is 4. The summed E-state index contributed by atoms with van der Waals surface area (Å²) < 4.78 is 14.1. The van der Waals surface area contributed by atoms with Gasteiger partial charge in [-0.1, -0.05) is 0 Å². The molecule has 0 radical (unpaired) electrons. The highest BCUT2D eigenvalue weighted by atomic mass is 19.1. The molecule has 1 N–H and O–H groups in total. The standard InChI is InChI=1S/C19H13FN4O2/c20-15-5-3-14(4-6-15)17-9-10-19(26)24(23-17)12-18(25)22-16-7-1-13(11-21)2-8-16/h1-10H,12H2,(H,22,25). The van der Waals surface area contributed by atoms with Gasteiger partial charge in [0.25, 0.3) is 5.56 Å². The van der Waals surface area contributed by atoms with Crippen LogP contribution in [0.25, 0.3) is 11.3 Å². The average Bonchev–Trinajstić information content (AvgIpc) is 2.65. The molecule has 6 nitrogen and oxygen atoms in total. The zero-order chi connectivity index (χ0) is 18.5. The van der Waals surface area contributed by atoms with Crippen LogP contribution >= 0.6 is 0 Å². The fourth-order valence-corrected chi connectivity index (χ4v) is 2.30. The van der Waals surface area contributed by atoms with Crippen molar-refractivity contribution >= 4 is 11.6 Å². The summed E-state index contributed by atoms with van der Waals surface area (Å²) in [7, 11) is 0. The van der Waals surface area contributed by atoms with Crippen molar-refractivity contribution in [1.82, 2.24) is 9.78 Å². The molecule has 3 aromatic rings. The molecule has 0 unspecified atom stereocenters. The second-order valence-electron chi connectivity index (χ2n) is 5.46. The highest BCUT2D eigenvalue weighted by Gasteiger charge is 2.09. The number of anilines is 1. The van der Waals surface area contributed by atoms with E-state index in [0.717, 1.165) is 4.68 Å². The van der Waals surface area contributed by atoms with Gasteiger partial charge in [0.1, 0.15) is 12.4 Å². The summed E-state index contributed by atoms with van der Waals surface area (Å²) in [5.74, 6) is -0.801. The van der Waals surface area contributed by atoms with Gasteiger partial charge in [-0.2, -0.15) is 10.4 Å². The number of amides is 1. The molecule has 0 spiro atoms. The van der Waals surface area contributed by atoms with Crippen LogP contribution in [0.4, 0.5) is 10.1 Å². The average molecular weight is 348 g/mol. The SMILES string of the molecule is N#Cc1ccc(NC(=O)Cn2nc(-c3ccc(F)cc3)ccc2=O)cc1. The molecule has 1 amide bonds. The van der Waals surface area contributed by atoms with E-state index >= 15 is 0 Å². The van der Waals surface area contributed by atoms with Gasteiger partial charge in [-0.05, 0) is 54.6 Å². The smallest absolute Gasteiger partial charge is 0.267 e. The van der Waals surface area contributed by atoms with E-state index < -0.39 is 11.5 Å². The van der Waals surface area contributed by atoms with Crippen molar-refractivity contribution in [1.29, 1.82) is 5.26 Å². The number of carbonyl (C=O) groups is 1. The number of halogens is 1. The van der Waals surface area contributed by atoms with Crippen LogP contribution in [0, 0.1) is 17.1 Å². The first-order valence-corrected chi connectivity index (χ1v) is 7.69. The van der Waals surface area contributed by atoms with Gasteiger partial charge in [0.2, 0.25) is 5.91 Å². The van der Waals surface area contributed by atoms with Gasteiger partial charge in [0.05, 0.1) is 17.3 Å². The van der Waals surface area contributed by atoms with Crippen LogP contribution < -0.4 is 10.9 Å². The van der Waals surface area contributed by atoms with Crippen LogP contribution in [0.3, 0.4) is 0 Å². The summed E-state index contributed by atoms with van der Waals surface area (Å²) in [6.45, 7) is -0.270. The Hall–Kier alpha value is -3.79. The largest absolute Gasteiger partial charge is 0.324 e. The first kappa shape index (κ1) is 17.0. The number of rotatable bonds is 4. The lowest BCUT2D eigenvalue weighted by molar-refractivity contribution is -0.117. The van der Waals surface area contributed by atoms with Crippen LogP contribution in [0.1, 0.15) is 5.56 Å². The molecule has 0 aliphatic carbocycles. The van der Waals surface area contributed by atoms with E-state index in [1.54, 1.807) is 36.4 Å². The normalized spacial score (nSPS) is 10.2. The number of benzene rings is 2. The number of nitriles is 1. The van der Waals surface area contributed by atoms with Gasteiger partial charge in [-0.3, -0.25) is 9.59 Å². The van der Waals surface area contributed by atoms with Gasteiger partial charge in [0.15, 0.2) is 0 Å². The third-order valence-corrected chi connectivity index (χ3v) is 3.60. The topological polar surface area (TPSA) is 87.8 Å². The third-order valence-electron chi connectivity index (χ3n) is 3.60. The maximum absolute atomic E-state index is 13.0. The molecule has 26 heavy (non-hydrogen) atoms. The molecular weight excluding hydrogens is 335 g/mol. The second kappa shape index (κ2) is 7.40. The molecule has 0 saturated heterocycles. The van der Waals surface area contributed by atoms with Crippen LogP contribution in [-0.4, -0.2) is 15.7 Å². The summed E-state index contributed by atoms with van der Waals surface area (Å²) >= 11 is 0.